The maximum absolute atomic E-state index is 12.5. The lowest BCUT2D eigenvalue weighted by Gasteiger charge is -2.42. The third-order valence-corrected chi connectivity index (χ3v) is 4.32. The fraction of sp³-hybridized carbons (Fsp3) is 0.500. The fourth-order valence-corrected chi connectivity index (χ4v) is 3.13. The molecule has 2 amide bonds. The van der Waals surface area contributed by atoms with Crippen LogP contribution in [0.25, 0.3) is 0 Å². The number of amides is 2. The molecule has 2 aliphatic heterocycles. The Morgan fingerprint density at radius 1 is 1.10 bits per heavy atom. The van der Waals surface area contributed by atoms with E-state index in [0.29, 0.717) is 13.1 Å². The topological polar surface area (TPSA) is 60.9 Å². The lowest BCUT2D eigenvalue weighted by Crippen LogP contribution is -2.60. The van der Waals surface area contributed by atoms with E-state index in [9.17, 15) is 9.59 Å². The molecule has 1 unspecified atom stereocenters. The average molecular weight is 288 g/mol. The number of carbonyl (C=O) groups is 2. The molecule has 2 saturated heterocycles. The second kappa shape index (κ2) is 5.85. The van der Waals surface area contributed by atoms with Crippen molar-refractivity contribution in [1.82, 2.24) is 9.80 Å². The molecule has 2 fully saturated rings. The number of hydrogen-bond acceptors (Lipinski definition) is 3. The van der Waals surface area contributed by atoms with E-state index in [1.54, 1.807) is 9.80 Å². The van der Waals surface area contributed by atoms with Crippen LogP contribution >= 0.6 is 0 Å². The molecule has 5 heteroatoms. The highest BCUT2D eigenvalue weighted by Gasteiger charge is 2.40. The van der Waals surface area contributed by atoms with Crippen LogP contribution in [0.1, 0.15) is 30.4 Å². The molecule has 1 atom stereocenters. The van der Waals surface area contributed by atoms with Gasteiger partial charge in [0.15, 0.2) is 0 Å². The Morgan fingerprint density at radius 3 is 2.52 bits per heavy atom. The van der Waals surface area contributed by atoms with Gasteiger partial charge in [-0.15, -0.1) is 0 Å². The van der Waals surface area contributed by atoms with Crippen molar-refractivity contribution in [2.75, 3.05) is 13.1 Å². The number of aliphatic hydroxyl groups excluding tert-OH is 1. The lowest BCUT2D eigenvalue weighted by atomic mass is 9.98. The summed E-state index contributed by atoms with van der Waals surface area (Å²) in [5.74, 6) is 0.131. The van der Waals surface area contributed by atoms with Crippen molar-refractivity contribution in [2.45, 2.75) is 38.5 Å². The third kappa shape index (κ3) is 2.78. The number of aliphatic hydroxyl groups is 1. The molecule has 1 aromatic carbocycles. The number of benzene rings is 1. The summed E-state index contributed by atoms with van der Waals surface area (Å²) in [6, 6.07) is 7.24. The van der Waals surface area contributed by atoms with Crippen molar-refractivity contribution in [3.05, 3.63) is 35.4 Å². The molecular weight excluding hydrogens is 268 g/mol. The first-order valence-electron chi connectivity index (χ1n) is 7.46. The molecule has 2 aliphatic rings. The van der Waals surface area contributed by atoms with Crippen molar-refractivity contribution >= 4 is 11.8 Å². The van der Waals surface area contributed by atoms with Crippen molar-refractivity contribution in [1.29, 1.82) is 0 Å². The van der Waals surface area contributed by atoms with E-state index in [1.165, 1.54) is 0 Å². The lowest BCUT2D eigenvalue weighted by molar-refractivity contribution is -0.158. The minimum Gasteiger partial charge on any atom is -0.392 e. The van der Waals surface area contributed by atoms with Gasteiger partial charge < -0.3 is 14.9 Å². The quantitative estimate of drug-likeness (QED) is 0.899. The molecule has 0 spiro atoms. The van der Waals surface area contributed by atoms with Gasteiger partial charge in [-0.3, -0.25) is 9.59 Å². The number of rotatable bonds is 3. The summed E-state index contributed by atoms with van der Waals surface area (Å²) < 4.78 is 0. The Hall–Kier alpha value is -1.88. The number of carbonyl (C=O) groups excluding carboxylic acids is 2. The van der Waals surface area contributed by atoms with Crippen LogP contribution in [0.5, 0.6) is 0 Å². The molecule has 5 nitrogen and oxygen atoms in total. The average Bonchev–Trinajstić information content (AvgIpc) is 2.53. The smallest absolute Gasteiger partial charge is 0.246 e. The number of fused-ring (bicyclic) bond motifs is 1. The highest BCUT2D eigenvalue weighted by Crippen LogP contribution is 2.24. The Kier molecular flexibility index (Phi) is 3.92. The Balaban J connectivity index is 1.72. The molecule has 3 rings (SSSR count). The van der Waals surface area contributed by atoms with E-state index in [4.69, 9.17) is 5.11 Å². The standard InChI is InChI=1S/C16H20N2O3/c19-11-13-6-4-12(5-7-13)9-17-10-15(20)18-8-2-1-3-14(18)16(17)21/h4-7,14,19H,1-3,8-11H2. The van der Waals surface area contributed by atoms with Crippen LogP contribution < -0.4 is 0 Å². The van der Waals surface area contributed by atoms with E-state index in [2.05, 4.69) is 0 Å². The fourth-order valence-electron chi connectivity index (χ4n) is 3.13. The van der Waals surface area contributed by atoms with Crippen LogP contribution in [0.4, 0.5) is 0 Å². The van der Waals surface area contributed by atoms with Gasteiger partial charge in [0.05, 0.1) is 6.61 Å². The van der Waals surface area contributed by atoms with Crippen LogP contribution in [-0.4, -0.2) is 45.9 Å². The first-order valence-corrected chi connectivity index (χ1v) is 7.46. The Morgan fingerprint density at radius 2 is 1.81 bits per heavy atom. The molecule has 0 saturated carbocycles. The highest BCUT2D eigenvalue weighted by atomic mass is 16.3. The molecule has 0 bridgehead atoms. The van der Waals surface area contributed by atoms with E-state index >= 15 is 0 Å². The largest absolute Gasteiger partial charge is 0.392 e. The zero-order valence-corrected chi connectivity index (χ0v) is 12.0. The SMILES string of the molecule is O=C1C2CCCCN2C(=O)CN1Cc1ccc(CO)cc1. The summed E-state index contributed by atoms with van der Waals surface area (Å²) in [7, 11) is 0. The second-order valence-electron chi connectivity index (χ2n) is 5.77. The normalized spacial score (nSPS) is 22.4. The van der Waals surface area contributed by atoms with E-state index in [1.807, 2.05) is 24.3 Å². The predicted octanol–water partition coefficient (Wildman–Crippen LogP) is 0.902. The summed E-state index contributed by atoms with van der Waals surface area (Å²) in [4.78, 5) is 28.1. The summed E-state index contributed by atoms with van der Waals surface area (Å²) >= 11 is 0. The van der Waals surface area contributed by atoms with E-state index in [-0.39, 0.29) is 31.0 Å². The second-order valence-corrected chi connectivity index (χ2v) is 5.77. The number of nitrogens with zero attached hydrogens (tertiary/aromatic N) is 2. The van der Waals surface area contributed by atoms with Gasteiger partial charge >= 0.3 is 0 Å². The molecule has 2 heterocycles. The van der Waals surface area contributed by atoms with Crippen molar-refractivity contribution in [2.24, 2.45) is 0 Å². The summed E-state index contributed by atoms with van der Waals surface area (Å²) in [6.45, 7) is 1.37. The predicted molar refractivity (Wildman–Crippen MR) is 77.1 cm³/mol. The minimum atomic E-state index is -0.253. The Labute approximate surface area is 124 Å². The molecule has 0 aromatic heterocycles. The van der Waals surface area contributed by atoms with Gasteiger partial charge in [-0.1, -0.05) is 24.3 Å². The first kappa shape index (κ1) is 14.1. The third-order valence-electron chi connectivity index (χ3n) is 4.32. The summed E-state index contributed by atoms with van der Waals surface area (Å²) in [5.41, 5.74) is 1.83. The van der Waals surface area contributed by atoms with Crippen molar-refractivity contribution in [3.63, 3.8) is 0 Å². The van der Waals surface area contributed by atoms with E-state index in [0.717, 1.165) is 30.4 Å². The molecule has 0 aliphatic carbocycles. The first-order chi connectivity index (χ1) is 10.2. The zero-order valence-electron chi connectivity index (χ0n) is 12.0. The van der Waals surface area contributed by atoms with Crippen LogP contribution in [0.3, 0.4) is 0 Å². The highest BCUT2D eigenvalue weighted by molar-refractivity contribution is 5.95. The molecule has 21 heavy (non-hydrogen) atoms. The van der Waals surface area contributed by atoms with Crippen LogP contribution in [0.15, 0.2) is 24.3 Å². The van der Waals surface area contributed by atoms with E-state index < -0.39 is 0 Å². The molecular formula is C16H20N2O3. The summed E-state index contributed by atoms with van der Waals surface area (Å²) in [6.07, 6.45) is 2.79. The van der Waals surface area contributed by atoms with Gasteiger partial charge in [0.1, 0.15) is 12.6 Å². The molecule has 1 aromatic rings. The maximum atomic E-state index is 12.5. The van der Waals surface area contributed by atoms with Gasteiger partial charge in [-0.2, -0.15) is 0 Å². The van der Waals surface area contributed by atoms with Crippen molar-refractivity contribution < 1.29 is 14.7 Å². The zero-order chi connectivity index (χ0) is 14.8. The summed E-state index contributed by atoms with van der Waals surface area (Å²) in [5, 5.41) is 9.04. The van der Waals surface area contributed by atoms with Gasteiger partial charge in [0.25, 0.3) is 0 Å². The van der Waals surface area contributed by atoms with Gasteiger partial charge in [-0.25, -0.2) is 0 Å². The van der Waals surface area contributed by atoms with Gasteiger partial charge in [0.2, 0.25) is 11.8 Å². The van der Waals surface area contributed by atoms with Gasteiger partial charge in [0, 0.05) is 13.1 Å². The number of piperidine rings is 1. The van der Waals surface area contributed by atoms with Crippen LogP contribution in [0, 0.1) is 0 Å². The van der Waals surface area contributed by atoms with Crippen LogP contribution in [-0.2, 0) is 22.7 Å². The molecule has 0 radical (unpaired) electrons. The van der Waals surface area contributed by atoms with Crippen molar-refractivity contribution in [3.8, 4) is 0 Å². The minimum absolute atomic E-state index is 0.0123. The molecule has 112 valence electrons. The number of piperazine rings is 1. The monoisotopic (exact) mass is 288 g/mol. The maximum Gasteiger partial charge on any atom is 0.246 e. The van der Waals surface area contributed by atoms with Gasteiger partial charge in [-0.05, 0) is 30.4 Å². The number of hydrogen-bond donors (Lipinski definition) is 1. The molecule has 1 N–H and O–H groups in total. The van der Waals surface area contributed by atoms with Crippen LogP contribution in [0.2, 0.25) is 0 Å². The Bertz CT molecular complexity index is 541.